The Bertz CT molecular complexity index is 1000. The highest BCUT2D eigenvalue weighted by Crippen LogP contribution is 2.38. The van der Waals surface area contributed by atoms with E-state index < -0.39 is 6.61 Å². The molecule has 0 aromatic heterocycles. The summed E-state index contributed by atoms with van der Waals surface area (Å²) in [5, 5.41) is 0. The summed E-state index contributed by atoms with van der Waals surface area (Å²) in [6.07, 6.45) is 2.46. The molecular formula is C25H24BrF3O2. The van der Waals surface area contributed by atoms with Gasteiger partial charge in [-0.1, -0.05) is 48.0 Å². The largest absolute Gasteiger partial charge is 0.457 e. The van der Waals surface area contributed by atoms with Crippen LogP contribution >= 0.6 is 15.9 Å². The van der Waals surface area contributed by atoms with Crippen LogP contribution in [0, 0.1) is 5.82 Å². The summed E-state index contributed by atoms with van der Waals surface area (Å²) in [6, 6.07) is 18.9. The highest BCUT2D eigenvalue weighted by atomic mass is 79.9. The molecule has 31 heavy (non-hydrogen) atoms. The van der Waals surface area contributed by atoms with Crippen LogP contribution in [-0.2, 0) is 11.8 Å². The van der Waals surface area contributed by atoms with Gasteiger partial charge < -0.3 is 9.47 Å². The normalized spacial score (nSPS) is 11.6. The minimum absolute atomic E-state index is 0.198. The summed E-state index contributed by atoms with van der Waals surface area (Å²) >= 11 is 3.31. The lowest BCUT2D eigenvalue weighted by atomic mass is 9.79. The average molecular weight is 493 g/mol. The van der Waals surface area contributed by atoms with Crippen LogP contribution in [0.1, 0.15) is 37.8 Å². The van der Waals surface area contributed by atoms with Crippen molar-refractivity contribution in [3.05, 3.63) is 88.1 Å². The lowest BCUT2D eigenvalue weighted by Gasteiger charge is -2.27. The molecule has 0 fully saturated rings. The Morgan fingerprint density at radius 3 is 2.39 bits per heavy atom. The smallest absolute Gasteiger partial charge is 0.387 e. The van der Waals surface area contributed by atoms with Crippen molar-refractivity contribution in [2.75, 3.05) is 0 Å². The highest BCUT2D eigenvalue weighted by molar-refractivity contribution is 9.10. The van der Waals surface area contributed by atoms with Gasteiger partial charge in [0.25, 0.3) is 0 Å². The Hall–Kier alpha value is -2.47. The van der Waals surface area contributed by atoms with E-state index in [2.05, 4.69) is 15.9 Å². The quantitative estimate of drug-likeness (QED) is 0.299. The zero-order valence-electron chi connectivity index (χ0n) is 17.4. The molecule has 0 atom stereocenters. The van der Waals surface area contributed by atoms with Crippen LogP contribution in [0.4, 0.5) is 13.2 Å². The molecular weight excluding hydrogens is 469 g/mol. The van der Waals surface area contributed by atoms with Crippen LogP contribution < -0.4 is 9.47 Å². The Morgan fingerprint density at radius 2 is 1.68 bits per heavy atom. The van der Waals surface area contributed by atoms with Crippen molar-refractivity contribution in [1.82, 2.24) is 0 Å². The molecule has 3 aromatic rings. The first kappa shape index (κ1) is 23.2. The molecule has 0 heterocycles. The molecule has 164 valence electrons. The van der Waals surface area contributed by atoms with Gasteiger partial charge in [-0.3, -0.25) is 0 Å². The second-order valence-corrected chi connectivity index (χ2v) is 8.88. The van der Waals surface area contributed by atoms with Crippen LogP contribution in [0.5, 0.6) is 17.2 Å². The molecule has 0 aliphatic heterocycles. The third-order valence-corrected chi connectivity index (χ3v) is 5.60. The first-order valence-electron chi connectivity index (χ1n) is 10.0. The van der Waals surface area contributed by atoms with Gasteiger partial charge >= 0.3 is 6.61 Å². The molecule has 0 radical (unpaired) electrons. The molecule has 6 heteroatoms. The summed E-state index contributed by atoms with van der Waals surface area (Å²) < 4.78 is 50.0. The summed E-state index contributed by atoms with van der Waals surface area (Å²) in [5.41, 5.74) is 1.52. The molecule has 0 amide bonds. The van der Waals surface area contributed by atoms with Crippen LogP contribution in [-0.4, -0.2) is 6.61 Å². The zero-order chi connectivity index (χ0) is 22.4. The lowest BCUT2D eigenvalue weighted by Crippen LogP contribution is -2.19. The summed E-state index contributed by atoms with van der Waals surface area (Å²) in [7, 11) is 0. The standard InChI is InChI=1S/C25H24BrF3O2/c1-25(2,22-13-8-18(26)16-23(22)31-24(28)29)14-4-6-17-5-3-7-21(15-17)30-20-11-9-19(27)10-12-20/h3,5,7-13,15-16,24H,4,6,14H2,1-2H3. The van der Waals surface area contributed by atoms with Gasteiger partial charge in [0.1, 0.15) is 23.1 Å². The maximum Gasteiger partial charge on any atom is 0.387 e. The molecule has 0 aliphatic rings. The van der Waals surface area contributed by atoms with Crippen molar-refractivity contribution in [1.29, 1.82) is 0 Å². The van der Waals surface area contributed by atoms with Crippen molar-refractivity contribution < 1.29 is 22.6 Å². The SMILES string of the molecule is CC(C)(CCCc1cccc(Oc2ccc(F)cc2)c1)c1ccc(Br)cc1OC(F)F. The molecule has 0 unspecified atom stereocenters. The monoisotopic (exact) mass is 492 g/mol. The fourth-order valence-electron chi connectivity index (χ4n) is 3.52. The Balaban J connectivity index is 1.64. The van der Waals surface area contributed by atoms with Gasteiger partial charge in [0.05, 0.1) is 0 Å². The Labute approximate surface area is 189 Å². The van der Waals surface area contributed by atoms with Gasteiger partial charge in [-0.25, -0.2) is 4.39 Å². The van der Waals surface area contributed by atoms with E-state index in [1.54, 1.807) is 18.2 Å². The molecule has 0 spiro atoms. The van der Waals surface area contributed by atoms with Crippen molar-refractivity contribution in [3.63, 3.8) is 0 Å². The van der Waals surface area contributed by atoms with E-state index in [4.69, 9.17) is 9.47 Å². The number of hydrogen-bond acceptors (Lipinski definition) is 2. The van der Waals surface area contributed by atoms with Crippen molar-refractivity contribution >= 4 is 15.9 Å². The lowest BCUT2D eigenvalue weighted by molar-refractivity contribution is -0.0510. The Kier molecular flexibility index (Phi) is 7.65. The van der Waals surface area contributed by atoms with Gasteiger partial charge in [-0.05, 0) is 78.8 Å². The summed E-state index contributed by atoms with van der Waals surface area (Å²) in [4.78, 5) is 0. The molecule has 0 bridgehead atoms. The molecule has 0 N–H and O–H groups in total. The topological polar surface area (TPSA) is 18.5 Å². The molecule has 3 rings (SSSR count). The van der Waals surface area contributed by atoms with Crippen molar-refractivity contribution in [3.8, 4) is 17.2 Å². The highest BCUT2D eigenvalue weighted by Gasteiger charge is 2.25. The van der Waals surface area contributed by atoms with Crippen molar-refractivity contribution in [2.24, 2.45) is 0 Å². The number of alkyl halides is 2. The number of rotatable bonds is 9. The van der Waals surface area contributed by atoms with Crippen LogP contribution in [0.25, 0.3) is 0 Å². The van der Waals surface area contributed by atoms with Crippen LogP contribution in [0.15, 0.2) is 71.2 Å². The minimum atomic E-state index is -2.87. The summed E-state index contributed by atoms with van der Waals surface area (Å²) in [6.45, 7) is 1.19. The zero-order valence-corrected chi connectivity index (χ0v) is 19.0. The van der Waals surface area contributed by atoms with Gasteiger partial charge in [-0.2, -0.15) is 8.78 Å². The molecule has 3 aromatic carbocycles. The first-order valence-corrected chi connectivity index (χ1v) is 10.8. The Morgan fingerprint density at radius 1 is 0.935 bits per heavy atom. The summed E-state index contributed by atoms with van der Waals surface area (Å²) in [5.74, 6) is 1.14. The van der Waals surface area contributed by atoms with E-state index in [0.29, 0.717) is 16.0 Å². The van der Waals surface area contributed by atoms with E-state index in [-0.39, 0.29) is 17.0 Å². The van der Waals surface area contributed by atoms with Gasteiger partial charge in [0, 0.05) is 10.0 Å². The third-order valence-electron chi connectivity index (χ3n) is 5.10. The van der Waals surface area contributed by atoms with Crippen molar-refractivity contribution in [2.45, 2.75) is 45.1 Å². The van der Waals surface area contributed by atoms with E-state index in [0.717, 1.165) is 30.4 Å². The molecule has 0 aliphatic carbocycles. The molecule has 0 saturated heterocycles. The molecule has 0 saturated carbocycles. The number of halogens is 4. The number of ether oxygens (including phenoxy) is 2. The fourth-order valence-corrected chi connectivity index (χ4v) is 3.86. The second-order valence-electron chi connectivity index (χ2n) is 7.96. The third kappa shape index (κ3) is 6.76. The van der Waals surface area contributed by atoms with Gasteiger partial charge in [-0.15, -0.1) is 0 Å². The van der Waals surface area contributed by atoms with Gasteiger partial charge in [0.2, 0.25) is 0 Å². The first-order chi connectivity index (χ1) is 14.7. The van der Waals surface area contributed by atoms with Crippen LogP contribution in [0.3, 0.4) is 0 Å². The average Bonchev–Trinajstić information content (AvgIpc) is 2.69. The number of hydrogen-bond donors (Lipinski definition) is 0. The maximum absolute atomic E-state index is 13.1. The van der Waals surface area contributed by atoms with E-state index in [1.165, 1.54) is 12.1 Å². The molecule has 2 nitrogen and oxygen atoms in total. The van der Waals surface area contributed by atoms with E-state index in [9.17, 15) is 13.2 Å². The number of benzene rings is 3. The predicted molar refractivity (Wildman–Crippen MR) is 120 cm³/mol. The maximum atomic E-state index is 13.1. The fraction of sp³-hybridized carbons (Fsp3) is 0.280. The number of aryl methyl sites for hydroxylation is 1. The minimum Gasteiger partial charge on any atom is -0.457 e. The van der Waals surface area contributed by atoms with E-state index in [1.807, 2.05) is 50.2 Å². The van der Waals surface area contributed by atoms with Gasteiger partial charge in [0.15, 0.2) is 0 Å². The predicted octanol–water partition coefficient (Wildman–Crippen LogP) is 8.28. The second kappa shape index (κ2) is 10.2. The van der Waals surface area contributed by atoms with E-state index >= 15 is 0 Å². The van der Waals surface area contributed by atoms with Crippen LogP contribution in [0.2, 0.25) is 0 Å².